The summed E-state index contributed by atoms with van der Waals surface area (Å²) < 4.78 is 0. The highest BCUT2D eigenvalue weighted by molar-refractivity contribution is 5.96. The number of carbonyl (C=O) groups excluding carboxylic acids is 4. The molecule has 0 aliphatic carbocycles. The second-order valence-corrected chi connectivity index (χ2v) is 8.86. The highest BCUT2D eigenvalue weighted by atomic mass is 16.4. The van der Waals surface area contributed by atoms with E-state index in [0.717, 1.165) is 0 Å². The SMILES string of the molecule is CC(C)C(N)C(=O)NC(CCCN=C(N)N)C(=O)NC(CC(N)=O)C(=O)NC(CCCN=C(N)N)C(=O)O. The number of carbonyl (C=O) groups is 5. The van der Waals surface area contributed by atoms with Gasteiger partial charge in [-0.05, 0) is 31.6 Å². The van der Waals surface area contributed by atoms with Crippen molar-refractivity contribution in [2.24, 2.45) is 50.3 Å². The first-order valence-corrected chi connectivity index (χ1v) is 11.9. The van der Waals surface area contributed by atoms with E-state index >= 15 is 0 Å². The molecule has 0 aromatic carbocycles. The van der Waals surface area contributed by atoms with Crippen LogP contribution in [-0.4, -0.2) is 83.9 Å². The number of aliphatic carboxylic acids is 1. The number of nitrogens with two attached hydrogens (primary N) is 6. The summed E-state index contributed by atoms with van der Waals surface area (Å²) in [5.41, 5.74) is 32.1. The van der Waals surface area contributed by atoms with Crippen LogP contribution >= 0.6 is 0 Å². The third-order valence-electron chi connectivity index (χ3n) is 5.20. The van der Waals surface area contributed by atoms with Gasteiger partial charge in [0.2, 0.25) is 23.6 Å². The molecule has 0 radical (unpaired) electrons. The third-order valence-corrected chi connectivity index (χ3v) is 5.20. The van der Waals surface area contributed by atoms with Crippen molar-refractivity contribution in [2.45, 2.75) is 70.1 Å². The predicted molar refractivity (Wildman–Crippen MR) is 140 cm³/mol. The van der Waals surface area contributed by atoms with Gasteiger partial charge in [-0.1, -0.05) is 13.8 Å². The number of carboxylic acid groups (broad SMARTS) is 1. The first-order valence-electron chi connectivity index (χ1n) is 11.9. The molecule has 0 aliphatic heterocycles. The predicted octanol–water partition coefficient (Wildman–Crippen LogP) is -4.51. The normalized spacial score (nSPS) is 13.8. The first kappa shape index (κ1) is 33.8. The smallest absolute Gasteiger partial charge is 0.326 e. The Kier molecular flexibility index (Phi) is 15.4. The molecule has 0 bridgehead atoms. The lowest BCUT2D eigenvalue weighted by Crippen LogP contribution is -2.58. The Hall–Kier alpha value is -4.15. The third kappa shape index (κ3) is 14.4. The number of hydrogen-bond donors (Lipinski definition) is 10. The number of nitrogens with one attached hydrogen (secondary N) is 3. The fraction of sp³-hybridized carbons (Fsp3) is 0.667. The van der Waals surface area contributed by atoms with E-state index in [4.69, 9.17) is 34.4 Å². The lowest BCUT2D eigenvalue weighted by Gasteiger charge is -2.25. The molecule has 4 atom stereocenters. The van der Waals surface area contributed by atoms with Crippen molar-refractivity contribution in [1.29, 1.82) is 0 Å². The number of primary amides is 1. The van der Waals surface area contributed by atoms with E-state index in [0.29, 0.717) is 0 Å². The maximum Gasteiger partial charge on any atom is 0.326 e. The topological polar surface area (TPSA) is 323 Å². The molecule has 0 heterocycles. The highest BCUT2D eigenvalue weighted by Crippen LogP contribution is 2.06. The van der Waals surface area contributed by atoms with Crippen molar-refractivity contribution < 1.29 is 29.1 Å². The second-order valence-electron chi connectivity index (χ2n) is 8.86. The number of nitrogens with zero attached hydrogens (tertiary/aromatic N) is 2. The molecule has 38 heavy (non-hydrogen) atoms. The molecule has 0 aromatic heterocycles. The van der Waals surface area contributed by atoms with Crippen LogP contribution in [0.25, 0.3) is 0 Å². The van der Waals surface area contributed by atoms with E-state index < -0.39 is 60.2 Å². The Labute approximate surface area is 220 Å². The van der Waals surface area contributed by atoms with Crippen LogP contribution in [0.2, 0.25) is 0 Å². The quantitative estimate of drug-likeness (QED) is 0.0446. The molecule has 0 saturated heterocycles. The average molecular weight is 544 g/mol. The van der Waals surface area contributed by atoms with Crippen LogP contribution in [0.1, 0.15) is 46.0 Å². The first-order chi connectivity index (χ1) is 17.6. The minimum atomic E-state index is -1.52. The Bertz CT molecular complexity index is 885. The molecule has 216 valence electrons. The van der Waals surface area contributed by atoms with Gasteiger partial charge in [-0.15, -0.1) is 0 Å². The Morgan fingerprint density at radius 2 is 1.13 bits per heavy atom. The van der Waals surface area contributed by atoms with E-state index in [1.165, 1.54) is 0 Å². The fourth-order valence-corrected chi connectivity index (χ4v) is 3.06. The van der Waals surface area contributed by atoms with Crippen LogP contribution < -0.4 is 50.4 Å². The molecule has 0 fully saturated rings. The van der Waals surface area contributed by atoms with E-state index in [1.807, 2.05) is 0 Å². The molecule has 0 aromatic rings. The van der Waals surface area contributed by atoms with Crippen LogP contribution in [0.3, 0.4) is 0 Å². The number of carboxylic acids is 1. The molecule has 4 amide bonds. The number of amides is 4. The standard InChI is InChI=1S/C21H41N11O6/c1-10(2)15(23)18(36)30-11(5-3-7-28-20(24)25)16(34)32-13(9-14(22)33)17(35)31-12(19(37)38)6-4-8-29-21(26)27/h10-13,15H,3-9,23H2,1-2H3,(H2,22,33)(H,30,36)(H,31,35)(H,32,34)(H,37,38)(H4,24,25,28)(H4,26,27,29). The minimum Gasteiger partial charge on any atom is -0.480 e. The van der Waals surface area contributed by atoms with Gasteiger partial charge in [0.25, 0.3) is 0 Å². The molecule has 0 rings (SSSR count). The summed E-state index contributed by atoms with van der Waals surface area (Å²) in [6, 6.07) is -4.96. The van der Waals surface area contributed by atoms with Crippen molar-refractivity contribution in [3.8, 4) is 0 Å². The summed E-state index contributed by atoms with van der Waals surface area (Å²) in [6.07, 6.45) is -0.102. The molecule has 17 heteroatoms. The molecule has 0 spiro atoms. The largest absolute Gasteiger partial charge is 0.480 e. The summed E-state index contributed by atoms with van der Waals surface area (Å²) in [7, 11) is 0. The van der Waals surface area contributed by atoms with Gasteiger partial charge in [-0.2, -0.15) is 0 Å². The van der Waals surface area contributed by atoms with Gasteiger partial charge in [-0.3, -0.25) is 29.2 Å². The van der Waals surface area contributed by atoms with Gasteiger partial charge >= 0.3 is 5.97 Å². The maximum absolute atomic E-state index is 13.1. The summed E-state index contributed by atoms with van der Waals surface area (Å²) in [5.74, 6) is -5.21. The van der Waals surface area contributed by atoms with E-state index in [-0.39, 0.29) is 56.6 Å². The number of aliphatic imine (C=N–C) groups is 2. The lowest BCUT2D eigenvalue weighted by molar-refractivity contribution is -0.142. The van der Waals surface area contributed by atoms with Crippen molar-refractivity contribution in [3.63, 3.8) is 0 Å². The summed E-state index contributed by atoms with van der Waals surface area (Å²) in [4.78, 5) is 69.1. The average Bonchev–Trinajstić information content (AvgIpc) is 2.80. The number of guanidine groups is 2. The molecule has 16 N–H and O–H groups in total. The monoisotopic (exact) mass is 543 g/mol. The number of hydrogen-bond acceptors (Lipinski definition) is 8. The van der Waals surface area contributed by atoms with Crippen molar-refractivity contribution in [1.82, 2.24) is 16.0 Å². The van der Waals surface area contributed by atoms with Crippen LogP contribution in [0, 0.1) is 5.92 Å². The van der Waals surface area contributed by atoms with Crippen LogP contribution in [0.15, 0.2) is 9.98 Å². The van der Waals surface area contributed by atoms with E-state index in [9.17, 15) is 29.1 Å². The van der Waals surface area contributed by atoms with Crippen molar-refractivity contribution in [2.75, 3.05) is 13.1 Å². The zero-order valence-corrected chi connectivity index (χ0v) is 21.7. The number of rotatable bonds is 18. The minimum absolute atomic E-state index is 0.0361. The van der Waals surface area contributed by atoms with Crippen molar-refractivity contribution in [3.05, 3.63) is 0 Å². The lowest BCUT2D eigenvalue weighted by atomic mass is 10.0. The van der Waals surface area contributed by atoms with E-state index in [2.05, 4.69) is 25.9 Å². The molecule has 0 saturated carbocycles. The van der Waals surface area contributed by atoms with Crippen LogP contribution in [-0.2, 0) is 24.0 Å². The van der Waals surface area contributed by atoms with Gasteiger partial charge in [0.1, 0.15) is 18.1 Å². The maximum atomic E-state index is 13.1. The summed E-state index contributed by atoms with van der Waals surface area (Å²) in [6.45, 7) is 3.73. The fourth-order valence-electron chi connectivity index (χ4n) is 3.06. The van der Waals surface area contributed by atoms with Gasteiger partial charge in [-0.25, -0.2) is 4.79 Å². The van der Waals surface area contributed by atoms with Gasteiger partial charge in [0, 0.05) is 13.1 Å². The van der Waals surface area contributed by atoms with E-state index in [1.54, 1.807) is 13.8 Å². The van der Waals surface area contributed by atoms with Gasteiger partial charge in [0.15, 0.2) is 11.9 Å². The molecular weight excluding hydrogens is 502 g/mol. The van der Waals surface area contributed by atoms with Gasteiger partial charge in [0.05, 0.1) is 12.5 Å². The summed E-state index contributed by atoms with van der Waals surface area (Å²) >= 11 is 0. The van der Waals surface area contributed by atoms with Gasteiger partial charge < -0.3 is 55.5 Å². The Balaban J connectivity index is 5.60. The van der Waals surface area contributed by atoms with Crippen LogP contribution in [0.5, 0.6) is 0 Å². The summed E-state index contributed by atoms with van der Waals surface area (Å²) in [5, 5.41) is 16.6. The Morgan fingerprint density at radius 3 is 1.55 bits per heavy atom. The highest BCUT2D eigenvalue weighted by Gasteiger charge is 2.31. The second kappa shape index (κ2) is 17.3. The zero-order chi connectivity index (χ0) is 29.4. The van der Waals surface area contributed by atoms with Crippen LogP contribution in [0.4, 0.5) is 0 Å². The molecule has 4 unspecified atom stereocenters. The van der Waals surface area contributed by atoms with Crippen molar-refractivity contribution >= 4 is 41.5 Å². The molecular formula is C21H41N11O6. The zero-order valence-electron chi connectivity index (χ0n) is 21.7. The molecule has 17 nitrogen and oxygen atoms in total. The Morgan fingerprint density at radius 1 is 0.711 bits per heavy atom. The molecule has 0 aliphatic rings.